The van der Waals surface area contributed by atoms with Gasteiger partial charge in [-0.2, -0.15) is 0 Å². The van der Waals surface area contributed by atoms with Crippen LogP contribution < -0.4 is 4.74 Å². The number of Topliss-reactive ketones (excluding diaryl/α,β-unsaturated/α-hetero) is 1. The third-order valence-corrected chi connectivity index (χ3v) is 4.70. The second kappa shape index (κ2) is 5.66. The lowest BCUT2D eigenvalue weighted by atomic mass is 9.90. The highest BCUT2D eigenvalue weighted by molar-refractivity contribution is 9.10. The van der Waals surface area contributed by atoms with Crippen LogP contribution in [-0.4, -0.2) is 12.4 Å². The van der Waals surface area contributed by atoms with Crippen molar-refractivity contribution in [2.75, 3.05) is 6.61 Å². The third kappa shape index (κ3) is 2.71. The first-order chi connectivity index (χ1) is 9.25. The number of fused-ring (bicyclic) bond motifs is 1. The van der Waals surface area contributed by atoms with Crippen LogP contribution in [0.2, 0.25) is 0 Å². The Morgan fingerprint density at radius 1 is 1.16 bits per heavy atom. The summed E-state index contributed by atoms with van der Waals surface area (Å²) in [4.78, 5) is 12.8. The zero-order chi connectivity index (χ0) is 13.2. The molecule has 1 aromatic rings. The maximum absolute atomic E-state index is 12.8. The monoisotopic (exact) mass is 322 g/mol. The van der Waals surface area contributed by atoms with Crippen molar-refractivity contribution in [3.05, 3.63) is 27.7 Å². The van der Waals surface area contributed by atoms with E-state index in [2.05, 4.69) is 22.0 Å². The molecule has 0 N–H and O–H groups in total. The van der Waals surface area contributed by atoms with Crippen LogP contribution in [0.4, 0.5) is 0 Å². The average molecular weight is 323 g/mol. The largest absolute Gasteiger partial charge is 0.492 e. The molecule has 0 amide bonds. The quantitative estimate of drug-likeness (QED) is 0.590. The summed E-state index contributed by atoms with van der Waals surface area (Å²) in [6.45, 7) is 0.705. The van der Waals surface area contributed by atoms with Gasteiger partial charge in [-0.05, 0) is 30.5 Å². The van der Waals surface area contributed by atoms with Crippen LogP contribution >= 0.6 is 15.9 Å². The minimum atomic E-state index is 0.199. The first-order valence-electron chi connectivity index (χ1n) is 7.25. The molecule has 0 bridgehead atoms. The van der Waals surface area contributed by atoms with E-state index < -0.39 is 0 Å². The highest BCUT2D eigenvalue weighted by Crippen LogP contribution is 2.36. The van der Waals surface area contributed by atoms with E-state index in [-0.39, 0.29) is 5.92 Å². The molecule has 19 heavy (non-hydrogen) atoms. The summed E-state index contributed by atoms with van der Waals surface area (Å²) in [5.74, 6) is 1.34. The van der Waals surface area contributed by atoms with Gasteiger partial charge >= 0.3 is 0 Å². The number of ketones is 1. The van der Waals surface area contributed by atoms with Crippen molar-refractivity contribution in [1.82, 2.24) is 0 Å². The Morgan fingerprint density at radius 2 is 1.89 bits per heavy atom. The maximum Gasteiger partial charge on any atom is 0.169 e. The highest BCUT2D eigenvalue weighted by Gasteiger charge is 2.27. The first kappa shape index (κ1) is 13.2. The van der Waals surface area contributed by atoms with Gasteiger partial charge in [-0.1, -0.05) is 41.6 Å². The van der Waals surface area contributed by atoms with E-state index in [1.165, 1.54) is 31.2 Å². The Balaban J connectivity index is 1.90. The number of carbonyl (C=O) groups is 1. The van der Waals surface area contributed by atoms with E-state index in [4.69, 9.17) is 4.74 Å². The van der Waals surface area contributed by atoms with Crippen LogP contribution in [0, 0.1) is 5.92 Å². The predicted octanol–water partition coefficient (Wildman–Crippen LogP) is 4.54. The Morgan fingerprint density at radius 3 is 2.63 bits per heavy atom. The summed E-state index contributed by atoms with van der Waals surface area (Å²) in [7, 11) is 0. The fourth-order valence-electron chi connectivity index (χ4n) is 3.21. The Bertz CT molecular complexity index is 488. The minimum absolute atomic E-state index is 0.199. The van der Waals surface area contributed by atoms with Crippen molar-refractivity contribution >= 4 is 21.7 Å². The van der Waals surface area contributed by atoms with Gasteiger partial charge < -0.3 is 4.74 Å². The molecular weight excluding hydrogens is 304 g/mol. The molecule has 3 heteroatoms. The number of hydrogen-bond donors (Lipinski definition) is 0. The number of rotatable bonds is 2. The summed E-state index contributed by atoms with van der Waals surface area (Å²) in [6, 6.07) is 4.02. The molecule has 0 saturated heterocycles. The zero-order valence-corrected chi connectivity index (χ0v) is 12.7. The van der Waals surface area contributed by atoms with Crippen molar-refractivity contribution < 1.29 is 9.53 Å². The van der Waals surface area contributed by atoms with Gasteiger partial charge in [0.1, 0.15) is 5.75 Å². The van der Waals surface area contributed by atoms with E-state index in [1.54, 1.807) is 0 Å². The summed E-state index contributed by atoms with van der Waals surface area (Å²) in [5, 5.41) is 0. The van der Waals surface area contributed by atoms with Gasteiger partial charge in [0.25, 0.3) is 0 Å². The van der Waals surface area contributed by atoms with E-state index >= 15 is 0 Å². The molecule has 0 unspecified atom stereocenters. The molecule has 0 spiro atoms. The lowest BCUT2D eigenvalue weighted by Gasteiger charge is -2.15. The maximum atomic E-state index is 12.8. The molecule has 0 aromatic heterocycles. The first-order valence-corrected chi connectivity index (χ1v) is 8.04. The predicted molar refractivity (Wildman–Crippen MR) is 78.9 cm³/mol. The second-order valence-electron chi connectivity index (χ2n) is 5.59. The fourth-order valence-corrected chi connectivity index (χ4v) is 3.72. The molecule has 0 radical (unpaired) electrons. The van der Waals surface area contributed by atoms with Crippen molar-refractivity contribution in [2.45, 2.75) is 44.9 Å². The number of benzene rings is 1. The van der Waals surface area contributed by atoms with Crippen LogP contribution in [0.1, 0.15) is 54.4 Å². The fraction of sp³-hybridized carbons (Fsp3) is 0.562. The molecule has 1 saturated carbocycles. The average Bonchev–Trinajstić information content (AvgIpc) is 2.70. The van der Waals surface area contributed by atoms with E-state index in [0.717, 1.165) is 35.0 Å². The normalized spacial score (nSPS) is 19.6. The summed E-state index contributed by atoms with van der Waals surface area (Å²) >= 11 is 3.52. The van der Waals surface area contributed by atoms with Crippen molar-refractivity contribution in [3.8, 4) is 5.75 Å². The van der Waals surface area contributed by atoms with Gasteiger partial charge in [-0.25, -0.2) is 0 Å². The van der Waals surface area contributed by atoms with Crippen LogP contribution in [-0.2, 0) is 6.42 Å². The van der Waals surface area contributed by atoms with Crippen LogP contribution in [0.15, 0.2) is 16.6 Å². The number of halogens is 1. The molecule has 0 atom stereocenters. The van der Waals surface area contributed by atoms with E-state index in [9.17, 15) is 4.79 Å². The van der Waals surface area contributed by atoms with Crippen LogP contribution in [0.5, 0.6) is 5.75 Å². The van der Waals surface area contributed by atoms with Crippen LogP contribution in [0.3, 0.4) is 0 Å². The van der Waals surface area contributed by atoms with Gasteiger partial charge in [-0.3, -0.25) is 4.79 Å². The lowest BCUT2D eigenvalue weighted by Crippen LogP contribution is -2.15. The summed E-state index contributed by atoms with van der Waals surface area (Å²) < 4.78 is 6.68. The van der Waals surface area contributed by atoms with E-state index in [0.29, 0.717) is 12.4 Å². The van der Waals surface area contributed by atoms with Gasteiger partial charge in [0.2, 0.25) is 0 Å². The molecule has 1 aromatic carbocycles. The van der Waals surface area contributed by atoms with Crippen molar-refractivity contribution in [1.29, 1.82) is 0 Å². The summed E-state index contributed by atoms with van der Waals surface area (Å²) in [5.41, 5.74) is 1.97. The minimum Gasteiger partial charge on any atom is -0.492 e. The molecular formula is C16H19BrO2. The molecule has 1 aliphatic carbocycles. The molecule has 1 fully saturated rings. The lowest BCUT2D eigenvalue weighted by molar-refractivity contribution is 0.0904. The zero-order valence-electron chi connectivity index (χ0n) is 11.1. The smallest absolute Gasteiger partial charge is 0.169 e. The number of carbonyl (C=O) groups excluding carboxylic acids is 1. The van der Waals surface area contributed by atoms with Crippen LogP contribution in [0.25, 0.3) is 0 Å². The van der Waals surface area contributed by atoms with Gasteiger partial charge in [0, 0.05) is 16.8 Å². The SMILES string of the molecule is O=C(c1cc(Br)cc2c1OCC2)C1CCCCCC1. The summed E-state index contributed by atoms with van der Waals surface area (Å²) in [6.07, 6.45) is 7.93. The number of ether oxygens (including phenoxy) is 1. The van der Waals surface area contributed by atoms with Gasteiger partial charge in [0.15, 0.2) is 5.78 Å². The number of hydrogen-bond acceptors (Lipinski definition) is 2. The second-order valence-corrected chi connectivity index (χ2v) is 6.51. The molecule has 3 rings (SSSR count). The molecule has 2 aliphatic rings. The van der Waals surface area contributed by atoms with Gasteiger partial charge in [-0.15, -0.1) is 0 Å². The van der Waals surface area contributed by atoms with Crippen molar-refractivity contribution in [3.63, 3.8) is 0 Å². The van der Waals surface area contributed by atoms with Gasteiger partial charge in [0.05, 0.1) is 12.2 Å². The Labute approximate surface area is 122 Å². The van der Waals surface area contributed by atoms with Crippen molar-refractivity contribution in [2.24, 2.45) is 5.92 Å². The highest BCUT2D eigenvalue weighted by atomic mass is 79.9. The molecule has 102 valence electrons. The third-order valence-electron chi connectivity index (χ3n) is 4.24. The topological polar surface area (TPSA) is 26.3 Å². The standard InChI is InChI=1S/C16H19BrO2/c17-13-9-12-7-8-19-16(12)14(10-13)15(18)11-5-3-1-2-4-6-11/h9-11H,1-8H2. The Kier molecular flexibility index (Phi) is 3.92. The Hall–Kier alpha value is -0.830. The van der Waals surface area contributed by atoms with E-state index in [1.807, 2.05) is 6.07 Å². The molecule has 1 aliphatic heterocycles. The molecule has 1 heterocycles. The molecule has 2 nitrogen and oxygen atoms in total.